The number of benzene rings is 1. The van der Waals surface area contributed by atoms with Gasteiger partial charge in [-0.15, -0.1) is 0 Å². The number of para-hydroxylation sites is 1. The molecule has 0 saturated heterocycles. The Morgan fingerprint density at radius 3 is 2.68 bits per heavy atom. The lowest BCUT2D eigenvalue weighted by Crippen LogP contribution is -2.56. The fourth-order valence-electron chi connectivity index (χ4n) is 2.32. The molecule has 1 fully saturated rings. The summed E-state index contributed by atoms with van der Waals surface area (Å²) in [4.78, 5) is 22.7. The summed E-state index contributed by atoms with van der Waals surface area (Å²) in [7, 11) is 0. The maximum Gasteiger partial charge on any atom is 0.285 e. The Balaban J connectivity index is 2.29. The highest BCUT2D eigenvalue weighted by Gasteiger charge is 2.39. The van der Waals surface area contributed by atoms with Crippen molar-refractivity contribution in [2.24, 2.45) is 0 Å². The molecule has 1 amide bonds. The lowest BCUT2D eigenvalue weighted by molar-refractivity contribution is -0.385. The van der Waals surface area contributed by atoms with E-state index in [-0.39, 0.29) is 17.9 Å². The first-order valence-corrected chi connectivity index (χ1v) is 6.16. The number of carbonyl (C=O) groups excluding carboxylic acids is 1. The number of aliphatic hydroxyl groups is 1. The average molecular weight is 264 g/mol. The van der Waals surface area contributed by atoms with Crippen LogP contribution in [0.5, 0.6) is 0 Å². The van der Waals surface area contributed by atoms with Crippen LogP contribution in [0, 0.1) is 17.0 Å². The van der Waals surface area contributed by atoms with Crippen LogP contribution in [0.3, 0.4) is 0 Å². The molecule has 1 saturated carbocycles. The molecule has 0 atom stereocenters. The number of carbonyl (C=O) groups is 1. The first kappa shape index (κ1) is 13.5. The topological polar surface area (TPSA) is 92.5 Å². The van der Waals surface area contributed by atoms with Gasteiger partial charge in [-0.3, -0.25) is 14.9 Å². The molecule has 6 nitrogen and oxygen atoms in total. The summed E-state index contributed by atoms with van der Waals surface area (Å²) in [6.45, 7) is 1.46. The van der Waals surface area contributed by atoms with Crippen molar-refractivity contribution in [1.29, 1.82) is 0 Å². The van der Waals surface area contributed by atoms with Gasteiger partial charge in [0, 0.05) is 5.56 Å². The van der Waals surface area contributed by atoms with Crippen molar-refractivity contribution in [3.05, 3.63) is 39.4 Å². The van der Waals surface area contributed by atoms with Crippen molar-refractivity contribution < 1.29 is 14.8 Å². The number of hydrogen-bond acceptors (Lipinski definition) is 4. The maximum absolute atomic E-state index is 12.2. The summed E-state index contributed by atoms with van der Waals surface area (Å²) < 4.78 is 0. The standard InChI is InChI=1S/C13H16N2O4/c1-9-4-2-5-10(11(9)15(18)19)12(17)14-13(8-16)6-3-7-13/h2,4-5,16H,3,6-8H2,1H3,(H,14,17). The van der Waals surface area contributed by atoms with Crippen molar-refractivity contribution in [2.75, 3.05) is 6.61 Å². The number of aryl methyl sites for hydroxylation is 1. The van der Waals surface area contributed by atoms with E-state index >= 15 is 0 Å². The van der Waals surface area contributed by atoms with Crippen LogP contribution in [0.15, 0.2) is 18.2 Å². The van der Waals surface area contributed by atoms with Gasteiger partial charge in [0.25, 0.3) is 11.6 Å². The SMILES string of the molecule is Cc1cccc(C(=O)NC2(CO)CCC2)c1[N+](=O)[O-]. The van der Waals surface area contributed by atoms with Crippen LogP contribution in [0.25, 0.3) is 0 Å². The molecule has 1 aromatic rings. The van der Waals surface area contributed by atoms with E-state index in [0.717, 1.165) is 6.42 Å². The number of aliphatic hydroxyl groups excluding tert-OH is 1. The van der Waals surface area contributed by atoms with Gasteiger partial charge in [0.2, 0.25) is 0 Å². The monoisotopic (exact) mass is 264 g/mol. The predicted molar refractivity (Wildman–Crippen MR) is 69.0 cm³/mol. The van der Waals surface area contributed by atoms with Gasteiger partial charge in [-0.1, -0.05) is 12.1 Å². The van der Waals surface area contributed by atoms with E-state index in [1.807, 2.05) is 0 Å². The molecule has 0 heterocycles. The van der Waals surface area contributed by atoms with E-state index in [2.05, 4.69) is 5.32 Å². The van der Waals surface area contributed by atoms with E-state index in [9.17, 15) is 20.0 Å². The number of nitrogens with one attached hydrogen (secondary N) is 1. The average Bonchev–Trinajstić information content (AvgIpc) is 2.32. The highest BCUT2D eigenvalue weighted by Crippen LogP contribution is 2.32. The minimum Gasteiger partial charge on any atom is -0.394 e. The van der Waals surface area contributed by atoms with Crippen LogP contribution in [-0.2, 0) is 0 Å². The summed E-state index contributed by atoms with van der Waals surface area (Å²) in [6.07, 6.45) is 2.35. The fourth-order valence-corrected chi connectivity index (χ4v) is 2.32. The highest BCUT2D eigenvalue weighted by molar-refractivity contribution is 5.99. The summed E-state index contributed by atoms with van der Waals surface area (Å²) in [6, 6.07) is 4.65. The Bertz CT molecular complexity index is 518. The largest absolute Gasteiger partial charge is 0.394 e. The van der Waals surface area contributed by atoms with Gasteiger partial charge in [0.15, 0.2) is 0 Å². The third-order valence-electron chi connectivity index (χ3n) is 3.66. The lowest BCUT2D eigenvalue weighted by Gasteiger charge is -2.40. The molecule has 0 aliphatic heterocycles. The molecule has 0 unspecified atom stereocenters. The molecule has 0 bridgehead atoms. The molecule has 2 N–H and O–H groups in total. The summed E-state index contributed by atoms with van der Waals surface area (Å²) in [5, 5.41) is 23.1. The van der Waals surface area contributed by atoms with Crippen molar-refractivity contribution in [2.45, 2.75) is 31.7 Å². The molecule has 2 rings (SSSR count). The normalized spacial score (nSPS) is 16.5. The Kier molecular flexibility index (Phi) is 3.53. The Hall–Kier alpha value is -1.95. The van der Waals surface area contributed by atoms with Gasteiger partial charge in [-0.25, -0.2) is 0 Å². The van der Waals surface area contributed by atoms with Gasteiger partial charge in [0.1, 0.15) is 5.56 Å². The second-order valence-electron chi connectivity index (χ2n) is 4.97. The zero-order chi connectivity index (χ0) is 14.0. The molecular formula is C13H16N2O4. The molecule has 0 radical (unpaired) electrons. The molecule has 1 aromatic carbocycles. The van der Waals surface area contributed by atoms with Crippen molar-refractivity contribution in [3.63, 3.8) is 0 Å². The zero-order valence-corrected chi connectivity index (χ0v) is 10.7. The van der Waals surface area contributed by atoms with Crippen LogP contribution < -0.4 is 5.32 Å². The van der Waals surface area contributed by atoms with Crippen molar-refractivity contribution in [1.82, 2.24) is 5.32 Å². The molecular weight excluding hydrogens is 248 g/mol. The summed E-state index contributed by atoms with van der Waals surface area (Å²) in [5.41, 5.74) is -0.282. The zero-order valence-electron chi connectivity index (χ0n) is 10.7. The third kappa shape index (κ3) is 2.44. The predicted octanol–water partition coefficient (Wildman–Crippen LogP) is 1.55. The van der Waals surface area contributed by atoms with E-state index in [0.29, 0.717) is 18.4 Å². The number of hydrogen-bond donors (Lipinski definition) is 2. The highest BCUT2D eigenvalue weighted by atomic mass is 16.6. The number of amides is 1. The van der Waals surface area contributed by atoms with Crippen molar-refractivity contribution >= 4 is 11.6 Å². The lowest BCUT2D eigenvalue weighted by atomic mass is 9.77. The number of rotatable bonds is 4. The smallest absolute Gasteiger partial charge is 0.285 e. The Labute approximate surface area is 110 Å². The summed E-state index contributed by atoms with van der Waals surface area (Å²) >= 11 is 0. The second-order valence-corrected chi connectivity index (χ2v) is 4.97. The van der Waals surface area contributed by atoms with Crippen LogP contribution in [0.4, 0.5) is 5.69 Å². The molecule has 1 aliphatic carbocycles. The maximum atomic E-state index is 12.2. The van der Waals surface area contributed by atoms with E-state index in [1.54, 1.807) is 19.1 Å². The molecule has 19 heavy (non-hydrogen) atoms. The van der Waals surface area contributed by atoms with E-state index in [1.165, 1.54) is 6.07 Å². The number of nitro benzene ring substituents is 1. The molecule has 1 aliphatic rings. The van der Waals surface area contributed by atoms with Gasteiger partial charge in [-0.2, -0.15) is 0 Å². The number of nitro groups is 1. The summed E-state index contributed by atoms with van der Waals surface area (Å²) in [5.74, 6) is -0.496. The van der Waals surface area contributed by atoms with E-state index in [4.69, 9.17) is 0 Å². The van der Waals surface area contributed by atoms with Gasteiger partial charge < -0.3 is 10.4 Å². The first-order valence-electron chi connectivity index (χ1n) is 6.16. The van der Waals surface area contributed by atoms with Crippen molar-refractivity contribution in [3.8, 4) is 0 Å². The fraction of sp³-hybridized carbons (Fsp3) is 0.462. The number of nitrogens with zero attached hydrogens (tertiary/aromatic N) is 1. The van der Waals surface area contributed by atoms with Crippen LogP contribution in [-0.4, -0.2) is 28.1 Å². The van der Waals surface area contributed by atoms with E-state index < -0.39 is 16.4 Å². The minimum atomic E-state index is -0.602. The molecule has 6 heteroatoms. The Morgan fingerprint density at radius 1 is 1.53 bits per heavy atom. The van der Waals surface area contributed by atoms with Gasteiger partial charge >= 0.3 is 0 Å². The van der Waals surface area contributed by atoms with Crippen LogP contribution in [0.2, 0.25) is 0 Å². The quantitative estimate of drug-likeness (QED) is 0.637. The Morgan fingerprint density at radius 2 is 2.21 bits per heavy atom. The first-order chi connectivity index (χ1) is 8.99. The molecule has 102 valence electrons. The molecule has 0 aromatic heterocycles. The second kappa shape index (κ2) is 4.97. The van der Waals surface area contributed by atoms with Gasteiger partial charge in [-0.05, 0) is 32.3 Å². The van der Waals surface area contributed by atoms with Gasteiger partial charge in [0.05, 0.1) is 17.1 Å². The minimum absolute atomic E-state index is 0.0460. The van der Waals surface area contributed by atoms with Crippen LogP contribution >= 0.6 is 0 Å². The third-order valence-corrected chi connectivity index (χ3v) is 3.66. The molecule has 0 spiro atoms. The van der Waals surface area contributed by atoms with Crippen LogP contribution in [0.1, 0.15) is 35.2 Å².